The van der Waals surface area contributed by atoms with Gasteiger partial charge in [-0.25, -0.2) is 0 Å². The van der Waals surface area contributed by atoms with Crippen molar-refractivity contribution >= 4 is 10.8 Å². The smallest absolute Gasteiger partial charge is 0.169 e. The summed E-state index contributed by atoms with van der Waals surface area (Å²) in [5, 5.41) is 1.97. The summed E-state index contributed by atoms with van der Waals surface area (Å²) in [6.07, 6.45) is 0. The van der Waals surface area contributed by atoms with E-state index in [-0.39, 0.29) is 0 Å². The maximum atomic E-state index is 5.27. The molecule has 0 fully saturated rings. The zero-order chi connectivity index (χ0) is 9.97. The Labute approximate surface area is 83.1 Å². The van der Waals surface area contributed by atoms with Crippen LogP contribution in [0, 0.1) is 12.1 Å². The summed E-state index contributed by atoms with van der Waals surface area (Å²) in [6, 6.07) is 13.8. The minimum atomic E-state index is 0.589. The van der Waals surface area contributed by atoms with Crippen LogP contribution in [0.25, 0.3) is 10.8 Å². The molecule has 14 heavy (non-hydrogen) atoms. The minimum Gasteiger partial charge on any atom is -0.492 e. The second kappa shape index (κ2) is 3.58. The first-order valence-corrected chi connectivity index (χ1v) is 4.30. The predicted molar refractivity (Wildman–Crippen MR) is 54.7 cm³/mol. The third-order valence-electron chi connectivity index (χ3n) is 2.10. The number of ether oxygens (including phenoxy) is 2. The molecule has 2 aromatic rings. The van der Waals surface area contributed by atoms with Crippen LogP contribution >= 0.6 is 0 Å². The van der Waals surface area contributed by atoms with Crippen LogP contribution in [0.1, 0.15) is 0 Å². The van der Waals surface area contributed by atoms with Gasteiger partial charge in [0.15, 0.2) is 11.5 Å². The fraction of sp³-hybridized carbons (Fsp3) is 0.167. The van der Waals surface area contributed by atoms with Gasteiger partial charge in [0.25, 0.3) is 0 Å². The molecular formula is C12H10O2. The van der Waals surface area contributed by atoms with E-state index in [1.165, 1.54) is 0 Å². The lowest BCUT2D eigenvalue weighted by Crippen LogP contribution is -1.91. The van der Waals surface area contributed by atoms with Gasteiger partial charge >= 0.3 is 0 Å². The Morgan fingerprint density at radius 3 is 2.50 bits per heavy atom. The lowest BCUT2D eigenvalue weighted by atomic mass is 10.1. The van der Waals surface area contributed by atoms with Crippen molar-refractivity contribution in [3.63, 3.8) is 0 Å². The molecule has 0 saturated heterocycles. The Morgan fingerprint density at radius 2 is 1.79 bits per heavy atom. The van der Waals surface area contributed by atoms with Crippen molar-refractivity contribution in [2.75, 3.05) is 14.2 Å². The topological polar surface area (TPSA) is 18.5 Å². The largest absolute Gasteiger partial charge is 0.492 e. The van der Waals surface area contributed by atoms with Gasteiger partial charge in [0.2, 0.25) is 0 Å². The van der Waals surface area contributed by atoms with Gasteiger partial charge in [-0.3, -0.25) is 0 Å². The number of hydrogen-bond acceptors (Lipinski definition) is 2. The summed E-state index contributed by atoms with van der Waals surface area (Å²) in [5.74, 6) is 1.30. The molecule has 2 aromatic carbocycles. The van der Waals surface area contributed by atoms with E-state index in [4.69, 9.17) is 9.47 Å². The van der Waals surface area contributed by atoms with Crippen molar-refractivity contribution in [1.82, 2.24) is 0 Å². The number of methoxy groups -OCH3 is 2. The summed E-state index contributed by atoms with van der Waals surface area (Å²) < 4.78 is 10.4. The van der Waals surface area contributed by atoms with Gasteiger partial charge in [-0.05, 0) is 5.39 Å². The molecule has 2 radical (unpaired) electrons. The Kier molecular flexibility index (Phi) is 2.27. The third-order valence-corrected chi connectivity index (χ3v) is 2.10. The lowest BCUT2D eigenvalue weighted by Gasteiger charge is -2.09. The normalized spacial score (nSPS) is 10.1. The van der Waals surface area contributed by atoms with Crippen molar-refractivity contribution in [2.45, 2.75) is 0 Å². The molecule has 0 amide bonds. The highest BCUT2D eigenvalue weighted by Gasteiger charge is 2.07. The Bertz CT molecular complexity index is 449. The highest BCUT2D eigenvalue weighted by molar-refractivity contribution is 5.90. The number of rotatable bonds is 2. The van der Waals surface area contributed by atoms with Gasteiger partial charge in [0.1, 0.15) is 0 Å². The zero-order valence-corrected chi connectivity index (χ0v) is 8.13. The van der Waals surface area contributed by atoms with E-state index in [0.29, 0.717) is 11.5 Å². The van der Waals surface area contributed by atoms with Gasteiger partial charge in [-0.15, -0.1) is 0 Å². The molecular weight excluding hydrogens is 176 g/mol. The van der Waals surface area contributed by atoms with E-state index >= 15 is 0 Å². The van der Waals surface area contributed by atoms with Gasteiger partial charge < -0.3 is 9.47 Å². The first-order chi connectivity index (χ1) is 6.86. The van der Waals surface area contributed by atoms with Crippen molar-refractivity contribution < 1.29 is 9.47 Å². The summed E-state index contributed by atoms with van der Waals surface area (Å²) in [4.78, 5) is 0. The van der Waals surface area contributed by atoms with Crippen LogP contribution in [-0.2, 0) is 0 Å². The van der Waals surface area contributed by atoms with Crippen LogP contribution in [0.2, 0.25) is 0 Å². The van der Waals surface area contributed by atoms with Gasteiger partial charge in [-0.2, -0.15) is 0 Å². The SMILES string of the molecule is COc1[c][c]c2ccccc2c1OC. The second-order valence-electron chi connectivity index (χ2n) is 2.86. The van der Waals surface area contributed by atoms with Crippen LogP contribution in [0.4, 0.5) is 0 Å². The molecule has 0 N–H and O–H groups in total. The van der Waals surface area contributed by atoms with Crippen LogP contribution in [0.5, 0.6) is 11.5 Å². The van der Waals surface area contributed by atoms with E-state index < -0.39 is 0 Å². The number of fused-ring (bicyclic) bond motifs is 1. The van der Waals surface area contributed by atoms with Crippen LogP contribution in [0.3, 0.4) is 0 Å². The second-order valence-corrected chi connectivity index (χ2v) is 2.86. The molecule has 0 aliphatic rings. The molecule has 0 atom stereocenters. The summed E-state index contributed by atoms with van der Waals surface area (Å²) in [6.45, 7) is 0. The molecule has 0 bridgehead atoms. The van der Waals surface area contributed by atoms with E-state index in [9.17, 15) is 0 Å². The summed E-state index contributed by atoms with van der Waals surface area (Å²) in [7, 11) is 3.22. The lowest BCUT2D eigenvalue weighted by molar-refractivity contribution is 0.358. The first kappa shape index (κ1) is 8.88. The summed E-state index contributed by atoms with van der Waals surface area (Å²) in [5.41, 5.74) is 0. The van der Waals surface area contributed by atoms with E-state index in [2.05, 4.69) is 12.1 Å². The molecule has 0 heterocycles. The third kappa shape index (κ3) is 1.29. The van der Waals surface area contributed by atoms with E-state index in [1.54, 1.807) is 14.2 Å². The van der Waals surface area contributed by atoms with Gasteiger partial charge in [0, 0.05) is 17.5 Å². The maximum absolute atomic E-state index is 5.27. The quantitative estimate of drug-likeness (QED) is 0.717. The Balaban J connectivity index is 2.77. The van der Waals surface area contributed by atoms with Crippen molar-refractivity contribution in [2.24, 2.45) is 0 Å². The van der Waals surface area contributed by atoms with Crippen molar-refractivity contribution in [3.05, 3.63) is 36.4 Å². The first-order valence-electron chi connectivity index (χ1n) is 4.30. The fourth-order valence-electron chi connectivity index (χ4n) is 1.44. The van der Waals surface area contributed by atoms with Gasteiger partial charge in [-0.1, -0.05) is 24.3 Å². The molecule has 2 nitrogen and oxygen atoms in total. The molecule has 70 valence electrons. The predicted octanol–water partition coefficient (Wildman–Crippen LogP) is 2.46. The minimum absolute atomic E-state index is 0.589. The average molecular weight is 186 g/mol. The van der Waals surface area contributed by atoms with E-state index in [1.807, 2.05) is 24.3 Å². The van der Waals surface area contributed by atoms with Crippen LogP contribution in [-0.4, -0.2) is 14.2 Å². The number of benzene rings is 2. The zero-order valence-electron chi connectivity index (χ0n) is 8.13. The van der Waals surface area contributed by atoms with Crippen LogP contribution in [0.15, 0.2) is 24.3 Å². The molecule has 0 aliphatic carbocycles. The van der Waals surface area contributed by atoms with Gasteiger partial charge in [0.05, 0.1) is 14.2 Å². The molecule has 0 aliphatic heterocycles. The monoisotopic (exact) mass is 186 g/mol. The molecule has 2 rings (SSSR count). The highest BCUT2D eigenvalue weighted by Crippen LogP contribution is 2.33. The van der Waals surface area contributed by atoms with Crippen molar-refractivity contribution in [3.8, 4) is 11.5 Å². The number of hydrogen-bond donors (Lipinski definition) is 0. The standard InChI is InChI=1S/C12H10O2/c1-13-11-8-7-9-5-3-4-6-10(9)12(11)14-2/h3-6H,1-2H3. The summed E-state index contributed by atoms with van der Waals surface area (Å²) >= 11 is 0. The molecule has 0 aromatic heterocycles. The fourth-order valence-corrected chi connectivity index (χ4v) is 1.44. The van der Waals surface area contributed by atoms with Crippen molar-refractivity contribution in [1.29, 1.82) is 0 Å². The average Bonchev–Trinajstić information content (AvgIpc) is 2.27. The maximum Gasteiger partial charge on any atom is 0.169 e. The van der Waals surface area contributed by atoms with E-state index in [0.717, 1.165) is 10.8 Å². The Morgan fingerprint density at radius 1 is 1.00 bits per heavy atom. The highest BCUT2D eigenvalue weighted by atomic mass is 16.5. The molecule has 0 unspecified atom stereocenters. The molecule has 0 spiro atoms. The molecule has 2 heteroatoms. The van der Waals surface area contributed by atoms with Crippen LogP contribution < -0.4 is 9.47 Å². The Hall–Kier alpha value is -1.70. The molecule has 0 saturated carbocycles.